The van der Waals surface area contributed by atoms with Crippen LogP contribution in [0.4, 0.5) is 0 Å². The zero-order valence-electron chi connectivity index (χ0n) is 21.3. The summed E-state index contributed by atoms with van der Waals surface area (Å²) in [4.78, 5) is 23.1. The molecule has 4 aromatic heterocycles. The fraction of sp³-hybridized carbons (Fsp3) is 0.192. The zero-order valence-corrected chi connectivity index (χ0v) is 22.1. The first kappa shape index (κ1) is 26.2. The van der Waals surface area contributed by atoms with Crippen LogP contribution in [0.2, 0.25) is 0 Å². The van der Waals surface area contributed by atoms with Crippen molar-refractivity contribution in [1.82, 2.24) is 34.2 Å². The number of nitrogens with one attached hydrogen (secondary N) is 1. The fourth-order valence-electron chi connectivity index (χ4n) is 4.13. The Morgan fingerprint density at radius 2 is 1.72 bits per heavy atom. The number of imidazole rings is 1. The molecule has 0 spiro atoms. The fourth-order valence-corrected chi connectivity index (χ4v) is 4.57. The summed E-state index contributed by atoms with van der Waals surface area (Å²) in [6, 6.07) is 15.2. The molecule has 2 atom stereocenters. The van der Waals surface area contributed by atoms with E-state index in [4.69, 9.17) is 24.2 Å². The maximum atomic E-state index is 11.8. The summed E-state index contributed by atoms with van der Waals surface area (Å²) in [6.45, 7) is 2.33. The molecule has 5 aromatic rings. The molecular weight excluding hydrogens is 522 g/mol. The van der Waals surface area contributed by atoms with Crippen LogP contribution in [0.15, 0.2) is 67.0 Å². The highest BCUT2D eigenvalue weighted by Crippen LogP contribution is 2.38. The third kappa shape index (κ3) is 5.27. The molecule has 200 valence electrons. The highest BCUT2D eigenvalue weighted by Gasteiger charge is 2.26. The summed E-state index contributed by atoms with van der Waals surface area (Å²) < 4.78 is 42.8. The van der Waals surface area contributed by atoms with Crippen molar-refractivity contribution in [2.45, 2.75) is 13.0 Å². The van der Waals surface area contributed by atoms with Crippen molar-refractivity contribution >= 4 is 22.6 Å². The van der Waals surface area contributed by atoms with Crippen molar-refractivity contribution in [2.75, 3.05) is 20.8 Å². The number of rotatable bonds is 10. The van der Waals surface area contributed by atoms with Gasteiger partial charge in [0.15, 0.2) is 17.1 Å². The Bertz CT molecular complexity index is 1610. The van der Waals surface area contributed by atoms with Gasteiger partial charge in [0.2, 0.25) is 17.1 Å². The Balaban J connectivity index is 1.81. The maximum Gasteiger partial charge on any atom is 0.232 e. The van der Waals surface area contributed by atoms with E-state index in [9.17, 15) is 8.76 Å². The smallest absolute Gasteiger partial charge is 0.232 e. The number of hydrogen-bond donors (Lipinski definition) is 2. The van der Waals surface area contributed by atoms with E-state index >= 15 is 0 Å². The van der Waals surface area contributed by atoms with Crippen molar-refractivity contribution in [3.63, 3.8) is 0 Å². The van der Waals surface area contributed by atoms with Gasteiger partial charge in [0.05, 0.1) is 38.4 Å². The summed E-state index contributed by atoms with van der Waals surface area (Å²) in [5, 5.41) is 0. The first-order valence-corrected chi connectivity index (χ1v) is 13.0. The third-order valence-electron chi connectivity index (χ3n) is 5.76. The average Bonchev–Trinajstić information content (AvgIpc) is 3.34. The van der Waals surface area contributed by atoms with Crippen molar-refractivity contribution < 1.29 is 23.0 Å². The van der Waals surface area contributed by atoms with E-state index in [0.29, 0.717) is 63.9 Å². The van der Waals surface area contributed by atoms with E-state index < -0.39 is 17.3 Å². The molecule has 5 rings (SSSR count). The van der Waals surface area contributed by atoms with Crippen LogP contribution in [0, 0.1) is 0 Å². The highest BCUT2D eigenvalue weighted by atomic mass is 32.2. The number of hydrogen-bond acceptors (Lipinski definition) is 9. The summed E-state index contributed by atoms with van der Waals surface area (Å²) in [6.07, 6.45) is 3.08. The van der Waals surface area contributed by atoms with Crippen LogP contribution in [0.25, 0.3) is 28.5 Å². The van der Waals surface area contributed by atoms with E-state index in [2.05, 4.69) is 19.7 Å². The monoisotopic (exact) mass is 547 g/mol. The van der Waals surface area contributed by atoms with Gasteiger partial charge in [-0.15, -0.1) is 0 Å². The number of para-hydroxylation sites is 1. The van der Waals surface area contributed by atoms with Crippen molar-refractivity contribution in [2.24, 2.45) is 0 Å². The van der Waals surface area contributed by atoms with E-state index in [1.807, 2.05) is 19.1 Å². The Morgan fingerprint density at radius 3 is 2.38 bits per heavy atom. The van der Waals surface area contributed by atoms with E-state index in [0.717, 1.165) is 0 Å². The number of ether oxygens (including phenoxy) is 3. The van der Waals surface area contributed by atoms with Gasteiger partial charge in [0, 0.05) is 12.3 Å². The summed E-state index contributed by atoms with van der Waals surface area (Å²) in [5.74, 6) is 1.85. The molecule has 2 N–H and O–H groups in total. The molecule has 0 aliphatic rings. The lowest BCUT2D eigenvalue weighted by atomic mass is 10.1. The molecule has 0 saturated carbocycles. The zero-order chi connectivity index (χ0) is 27.4. The van der Waals surface area contributed by atoms with Crippen LogP contribution in [-0.4, -0.2) is 59.1 Å². The average molecular weight is 548 g/mol. The van der Waals surface area contributed by atoms with Gasteiger partial charge >= 0.3 is 0 Å². The quantitative estimate of drug-likeness (QED) is 0.249. The van der Waals surface area contributed by atoms with E-state index in [-0.39, 0.29) is 0 Å². The predicted octanol–water partition coefficient (Wildman–Crippen LogP) is 3.50. The second-order valence-electron chi connectivity index (χ2n) is 8.07. The first-order valence-electron chi connectivity index (χ1n) is 11.9. The van der Waals surface area contributed by atoms with Crippen LogP contribution in [0.5, 0.6) is 17.4 Å². The lowest BCUT2D eigenvalue weighted by molar-refractivity contribution is 0.327. The molecule has 1 aromatic carbocycles. The van der Waals surface area contributed by atoms with Crippen LogP contribution in [0.3, 0.4) is 0 Å². The maximum absolute atomic E-state index is 11.8. The van der Waals surface area contributed by atoms with Gasteiger partial charge in [0.25, 0.3) is 0 Å². The number of benzene rings is 1. The Kier molecular flexibility index (Phi) is 7.72. The minimum absolute atomic E-state index is 0.315. The minimum Gasteiger partial charge on any atom is -0.494 e. The van der Waals surface area contributed by atoms with Crippen LogP contribution in [-0.2, 0) is 11.3 Å². The summed E-state index contributed by atoms with van der Waals surface area (Å²) >= 11 is -2.36. The van der Waals surface area contributed by atoms with Crippen LogP contribution in [0.1, 0.15) is 24.4 Å². The number of pyridine rings is 2. The molecule has 0 saturated heterocycles. The first-order chi connectivity index (χ1) is 19.0. The number of aromatic nitrogens is 6. The van der Waals surface area contributed by atoms with Crippen LogP contribution < -0.4 is 18.9 Å². The molecule has 0 fully saturated rings. The second-order valence-corrected chi connectivity index (χ2v) is 8.81. The normalized spacial score (nSPS) is 12.7. The van der Waals surface area contributed by atoms with Gasteiger partial charge in [-0.3, -0.25) is 14.1 Å². The lowest BCUT2D eigenvalue weighted by Crippen LogP contribution is -2.26. The van der Waals surface area contributed by atoms with Crippen molar-refractivity contribution in [3.05, 3.63) is 78.4 Å². The number of methoxy groups -OCH3 is 2. The van der Waals surface area contributed by atoms with Gasteiger partial charge in [-0.25, -0.2) is 24.1 Å². The van der Waals surface area contributed by atoms with E-state index in [1.54, 1.807) is 67.4 Å². The molecule has 2 unspecified atom stereocenters. The molecule has 0 bridgehead atoms. The Morgan fingerprint density at radius 1 is 0.949 bits per heavy atom. The van der Waals surface area contributed by atoms with Gasteiger partial charge in [0.1, 0.15) is 28.9 Å². The molecule has 0 amide bonds. The molecular formula is C26H25N7O5S. The summed E-state index contributed by atoms with van der Waals surface area (Å²) in [5.41, 5.74) is 2.53. The summed E-state index contributed by atoms with van der Waals surface area (Å²) in [7, 11) is 3.11. The van der Waals surface area contributed by atoms with Crippen LogP contribution >= 0.6 is 0 Å². The molecule has 4 heterocycles. The lowest BCUT2D eigenvalue weighted by Gasteiger charge is -2.17. The Hall–Kier alpha value is -4.46. The standard InChI is InChI=1S/C26H25N7O5S/c1-4-38-21-13-7-10-17(29-21)25-31-24-26(33(25)23-19(36-2)11-8-12-20(23)37-3)30-18(15-28-24)22(32-39(34)35)16-9-5-6-14-27-16/h5-15,22,32H,4H2,1-3H3,(H,34,35). The van der Waals surface area contributed by atoms with Gasteiger partial charge in [-0.1, -0.05) is 18.2 Å². The predicted molar refractivity (Wildman–Crippen MR) is 144 cm³/mol. The minimum atomic E-state index is -2.36. The van der Waals surface area contributed by atoms with Gasteiger partial charge < -0.3 is 14.2 Å². The van der Waals surface area contributed by atoms with E-state index in [1.165, 1.54) is 6.20 Å². The third-order valence-corrected chi connectivity index (χ3v) is 6.20. The topological polar surface area (TPSA) is 146 Å². The molecule has 0 aliphatic carbocycles. The van der Waals surface area contributed by atoms with Gasteiger partial charge in [-0.2, -0.15) is 4.72 Å². The molecule has 13 heteroatoms. The van der Waals surface area contributed by atoms with Gasteiger partial charge in [-0.05, 0) is 37.3 Å². The highest BCUT2D eigenvalue weighted by molar-refractivity contribution is 7.77. The van der Waals surface area contributed by atoms with Crippen molar-refractivity contribution in [1.29, 1.82) is 0 Å². The molecule has 0 radical (unpaired) electrons. The largest absolute Gasteiger partial charge is 0.494 e. The number of nitrogens with zero attached hydrogens (tertiary/aromatic N) is 6. The van der Waals surface area contributed by atoms with Crippen molar-refractivity contribution in [3.8, 4) is 34.6 Å². The second kappa shape index (κ2) is 11.5. The molecule has 12 nitrogen and oxygen atoms in total. The molecule has 39 heavy (non-hydrogen) atoms. The SMILES string of the molecule is CCOc1cccc(-c2nc3ncc(C(NS(=O)O)c4ccccn4)nc3n2-c2c(OC)cccc2OC)n1. The molecule has 0 aliphatic heterocycles. The number of fused-ring (bicyclic) bond motifs is 1. The Labute approximate surface area is 226 Å².